The summed E-state index contributed by atoms with van der Waals surface area (Å²) < 4.78 is 5.22. The van der Waals surface area contributed by atoms with Crippen LogP contribution in [0.3, 0.4) is 0 Å². The zero-order valence-electron chi connectivity index (χ0n) is 10.9. The molecule has 1 aromatic rings. The van der Waals surface area contributed by atoms with Crippen molar-refractivity contribution >= 4 is 29.2 Å². The summed E-state index contributed by atoms with van der Waals surface area (Å²) in [7, 11) is 1.53. The molecule has 1 aromatic carbocycles. The van der Waals surface area contributed by atoms with E-state index in [0.717, 1.165) is 0 Å². The monoisotopic (exact) mass is 298 g/mol. The Morgan fingerprint density at radius 2 is 2.20 bits per heavy atom. The quantitative estimate of drug-likeness (QED) is 0.869. The molecule has 7 heteroatoms. The molecule has 0 spiro atoms. The van der Waals surface area contributed by atoms with Crippen molar-refractivity contribution in [3.63, 3.8) is 0 Å². The molecule has 2 rings (SSSR count). The number of primary amides is 1. The van der Waals surface area contributed by atoms with Crippen LogP contribution in [-0.4, -0.2) is 42.8 Å². The van der Waals surface area contributed by atoms with Gasteiger partial charge in [-0.15, -0.1) is 0 Å². The normalized spacial score (nSPS) is 22.0. The molecule has 6 nitrogen and oxygen atoms in total. The molecule has 108 valence electrons. The zero-order chi connectivity index (χ0) is 14.9. The molecule has 1 fully saturated rings. The third kappa shape index (κ3) is 2.57. The van der Waals surface area contributed by atoms with Crippen molar-refractivity contribution in [2.45, 2.75) is 18.6 Å². The van der Waals surface area contributed by atoms with E-state index in [1.54, 1.807) is 23.1 Å². The van der Waals surface area contributed by atoms with Crippen LogP contribution in [0.25, 0.3) is 0 Å². The third-order valence-corrected chi connectivity index (χ3v) is 3.74. The Morgan fingerprint density at radius 1 is 1.50 bits per heavy atom. The Bertz CT molecular complexity index is 549. The molecule has 3 N–H and O–H groups in total. The number of carbonyl (C=O) groups excluding carboxylic acids is 1. The highest BCUT2D eigenvalue weighted by Crippen LogP contribution is 2.33. The lowest BCUT2D eigenvalue weighted by molar-refractivity contribution is -0.138. The number of hydrogen-bond acceptors (Lipinski definition) is 4. The topological polar surface area (TPSA) is 92.9 Å². The lowest BCUT2D eigenvalue weighted by Crippen LogP contribution is -2.37. The molecular weight excluding hydrogens is 284 g/mol. The summed E-state index contributed by atoms with van der Waals surface area (Å²) in [5, 5.41) is 9.52. The van der Waals surface area contributed by atoms with E-state index in [1.165, 1.54) is 7.11 Å². The van der Waals surface area contributed by atoms with Crippen molar-refractivity contribution in [1.82, 2.24) is 0 Å². The van der Waals surface area contributed by atoms with Gasteiger partial charge in [-0.05, 0) is 12.1 Å². The van der Waals surface area contributed by atoms with E-state index in [2.05, 4.69) is 0 Å². The molecular formula is C13H15ClN2O4. The molecule has 0 radical (unpaired) electrons. The number of carbonyl (C=O) groups is 2. The fourth-order valence-corrected chi connectivity index (χ4v) is 2.73. The van der Waals surface area contributed by atoms with Crippen LogP contribution in [0, 0.1) is 0 Å². The van der Waals surface area contributed by atoms with Crippen LogP contribution in [-0.2, 0) is 9.53 Å². The molecule has 0 aliphatic carbocycles. The first-order chi connectivity index (χ1) is 9.45. The van der Waals surface area contributed by atoms with Crippen LogP contribution >= 0.6 is 11.6 Å². The van der Waals surface area contributed by atoms with Gasteiger partial charge in [0.2, 0.25) is 0 Å². The first-order valence-electron chi connectivity index (χ1n) is 6.06. The Balaban J connectivity index is 2.47. The predicted octanol–water partition coefficient (Wildman–Crippen LogP) is 1.12. The number of rotatable bonds is 4. The fourth-order valence-electron chi connectivity index (χ4n) is 2.46. The van der Waals surface area contributed by atoms with E-state index < -0.39 is 17.9 Å². The van der Waals surface area contributed by atoms with Crippen molar-refractivity contribution in [3.8, 4) is 0 Å². The van der Waals surface area contributed by atoms with Crippen molar-refractivity contribution < 1.29 is 19.4 Å². The molecule has 1 heterocycles. The molecule has 1 aliphatic heterocycles. The summed E-state index contributed by atoms with van der Waals surface area (Å²) >= 11 is 5.99. The Morgan fingerprint density at radius 3 is 2.75 bits per heavy atom. The molecule has 20 heavy (non-hydrogen) atoms. The van der Waals surface area contributed by atoms with Crippen molar-refractivity contribution in [2.24, 2.45) is 5.73 Å². The Kier molecular flexibility index (Phi) is 4.15. The van der Waals surface area contributed by atoms with Gasteiger partial charge in [0.1, 0.15) is 6.04 Å². The van der Waals surface area contributed by atoms with Gasteiger partial charge < -0.3 is 20.5 Å². The van der Waals surface area contributed by atoms with Gasteiger partial charge in [0.05, 0.1) is 22.4 Å². The van der Waals surface area contributed by atoms with Crippen LogP contribution in [0.15, 0.2) is 18.2 Å². The molecule has 0 saturated carbocycles. The molecule has 0 aromatic heterocycles. The minimum atomic E-state index is -0.972. The van der Waals surface area contributed by atoms with E-state index in [-0.39, 0.29) is 16.7 Å². The number of amides is 1. The van der Waals surface area contributed by atoms with Gasteiger partial charge >= 0.3 is 5.97 Å². The van der Waals surface area contributed by atoms with Crippen LogP contribution in [0.2, 0.25) is 5.02 Å². The summed E-state index contributed by atoms with van der Waals surface area (Å²) in [6.07, 6.45) is 0.132. The summed E-state index contributed by atoms with van der Waals surface area (Å²) in [6, 6.07) is 4.07. The summed E-state index contributed by atoms with van der Waals surface area (Å²) in [6.45, 7) is 0.369. The number of halogens is 1. The number of methoxy groups -OCH3 is 1. The molecule has 1 saturated heterocycles. The van der Waals surface area contributed by atoms with E-state index in [0.29, 0.717) is 18.7 Å². The van der Waals surface area contributed by atoms with Gasteiger partial charge in [-0.2, -0.15) is 0 Å². The number of aliphatic carboxylic acids is 1. The van der Waals surface area contributed by atoms with Crippen LogP contribution < -0.4 is 10.6 Å². The van der Waals surface area contributed by atoms with Crippen molar-refractivity contribution in [3.05, 3.63) is 28.8 Å². The standard InChI is InChI=1S/C13H15ClN2O4/c1-20-7-5-10(13(18)19)16(6-7)9-4-2-3-8(14)11(9)12(15)17/h2-4,7,10H,5-6H2,1H3,(H2,15,17)(H,18,19). The van der Waals surface area contributed by atoms with E-state index in [9.17, 15) is 14.7 Å². The highest BCUT2D eigenvalue weighted by Gasteiger charge is 2.38. The zero-order valence-corrected chi connectivity index (χ0v) is 11.6. The van der Waals surface area contributed by atoms with Gasteiger partial charge in [-0.25, -0.2) is 4.79 Å². The lowest BCUT2D eigenvalue weighted by Gasteiger charge is -2.25. The molecule has 2 atom stereocenters. The number of carboxylic acids is 1. The number of nitrogens with two attached hydrogens (primary N) is 1. The largest absolute Gasteiger partial charge is 0.480 e. The number of nitrogens with zero attached hydrogens (tertiary/aromatic N) is 1. The maximum absolute atomic E-state index is 11.6. The first-order valence-corrected chi connectivity index (χ1v) is 6.44. The Hall–Kier alpha value is -1.79. The fraction of sp³-hybridized carbons (Fsp3) is 0.385. The maximum atomic E-state index is 11.6. The highest BCUT2D eigenvalue weighted by molar-refractivity contribution is 6.34. The number of ether oxygens (including phenoxy) is 1. The first kappa shape index (κ1) is 14.6. The summed E-state index contributed by atoms with van der Waals surface area (Å²) in [5.74, 6) is -1.66. The average Bonchev–Trinajstić information content (AvgIpc) is 2.82. The van der Waals surface area contributed by atoms with Crippen LogP contribution in [0.5, 0.6) is 0 Å². The van der Waals surface area contributed by atoms with E-state index >= 15 is 0 Å². The number of benzene rings is 1. The lowest BCUT2D eigenvalue weighted by atomic mass is 10.1. The van der Waals surface area contributed by atoms with Crippen molar-refractivity contribution in [1.29, 1.82) is 0 Å². The SMILES string of the molecule is COC1CC(C(=O)O)N(c2cccc(Cl)c2C(N)=O)C1. The Labute approximate surface area is 121 Å². The number of anilines is 1. The van der Waals surface area contributed by atoms with Crippen LogP contribution in [0.4, 0.5) is 5.69 Å². The minimum Gasteiger partial charge on any atom is -0.480 e. The molecule has 1 aliphatic rings. The van der Waals surface area contributed by atoms with Crippen LogP contribution in [0.1, 0.15) is 16.8 Å². The predicted molar refractivity (Wildman–Crippen MR) is 74.2 cm³/mol. The smallest absolute Gasteiger partial charge is 0.326 e. The van der Waals surface area contributed by atoms with E-state index in [4.69, 9.17) is 22.1 Å². The number of hydrogen-bond donors (Lipinski definition) is 2. The average molecular weight is 299 g/mol. The highest BCUT2D eigenvalue weighted by atomic mass is 35.5. The van der Waals surface area contributed by atoms with E-state index in [1.807, 2.05) is 0 Å². The maximum Gasteiger partial charge on any atom is 0.326 e. The van der Waals surface area contributed by atoms with Gasteiger partial charge in [-0.3, -0.25) is 4.79 Å². The molecule has 2 unspecified atom stereocenters. The van der Waals surface area contributed by atoms with Gasteiger partial charge in [0.15, 0.2) is 0 Å². The minimum absolute atomic E-state index is 0.136. The summed E-state index contributed by atoms with van der Waals surface area (Å²) in [5.41, 5.74) is 5.91. The molecule has 0 bridgehead atoms. The second-order valence-electron chi connectivity index (χ2n) is 4.60. The second kappa shape index (κ2) is 5.68. The third-order valence-electron chi connectivity index (χ3n) is 3.43. The van der Waals surface area contributed by atoms with Gasteiger partial charge in [0.25, 0.3) is 5.91 Å². The number of carboxylic acid groups (broad SMARTS) is 1. The summed E-state index contributed by atoms with van der Waals surface area (Å²) in [4.78, 5) is 24.5. The molecule has 1 amide bonds. The van der Waals surface area contributed by atoms with Gasteiger partial charge in [0, 0.05) is 20.1 Å². The second-order valence-corrected chi connectivity index (χ2v) is 5.01. The van der Waals surface area contributed by atoms with Crippen molar-refractivity contribution in [2.75, 3.05) is 18.6 Å². The van der Waals surface area contributed by atoms with Gasteiger partial charge in [-0.1, -0.05) is 17.7 Å².